The zero-order chi connectivity index (χ0) is 17.8. The molecule has 1 aliphatic heterocycles. The van der Waals surface area contributed by atoms with Crippen LogP contribution in [0, 0.1) is 12.7 Å². The molecule has 3 rings (SSSR count). The third kappa shape index (κ3) is 4.14. The number of amides is 2. The number of hydrogen-bond acceptors (Lipinski definition) is 5. The van der Waals surface area contributed by atoms with Gasteiger partial charge in [0.1, 0.15) is 11.6 Å². The van der Waals surface area contributed by atoms with Crippen LogP contribution in [0.25, 0.3) is 0 Å². The molecule has 0 spiro atoms. The zero-order valence-corrected chi connectivity index (χ0v) is 13.8. The van der Waals surface area contributed by atoms with Crippen LogP contribution in [0.15, 0.2) is 34.9 Å². The van der Waals surface area contributed by atoms with Crippen molar-refractivity contribution in [3.05, 3.63) is 47.5 Å². The molecule has 25 heavy (non-hydrogen) atoms. The van der Waals surface area contributed by atoms with Crippen LogP contribution in [0.1, 0.15) is 16.1 Å². The first-order chi connectivity index (χ1) is 12.0. The van der Waals surface area contributed by atoms with Gasteiger partial charge in [0.2, 0.25) is 0 Å². The fourth-order valence-electron chi connectivity index (χ4n) is 2.60. The summed E-state index contributed by atoms with van der Waals surface area (Å²) in [7, 11) is 0. The number of halogens is 1. The first-order valence-electron chi connectivity index (χ1n) is 7.91. The van der Waals surface area contributed by atoms with Crippen molar-refractivity contribution in [3.63, 3.8) is 0 Å². The number of aryl methyl sites for hydroxylation is 1. The summed E-state index contributed by atoms with van der Waals surface area (Å²) in [5, 5.41) is 3.66. The van der Waals surface area contributed by atoms with Crippen molar-refractivity contribution < 1.29 is 23.2 Å². The van der Waals surface area contributed by atoms with Gasteiger partial charge in [0.25, 0.3) is 17.7 Å². The Labute approximate surface area is 143 Å². The average molecular weight is 347 g/mol. The van der Waals surface area contributed by atoms with E-state index in [0.29, 0.717) is 37.5 Å². The predicted molar refractivity (Wildman–Crippen MR) is 85.6 cm³/mol. The molecular weight excluding hydrogens is 329 g/mol. The minimum atomic E-state index is -0.445. The second kappa shape index (κ2) is 7.33. The molecule has 1 aliphatic rings. The van der Waals surface area contributed by atoms with Crippen molar-refractivity contribution >= 4 is 11.8 Å². The van der Waals surface area contributed by atoms with E-state index in [9.17, 15) is 14.0 Å². The van der Waals surface area contributed by atoms with Gasteiger partial charge in [-0.05, 0) is 30.3 Å². The number of piperazine rings is 1. The lowest BCUT2D eigenvalue weighted by Gasteiger charge is -2.34. The van der Waals surface area contributed by atoms with Gasteiger partial charge in [-0.25, -0.2) is 4.39 Å². The van der Waals surface area contributed by atoms with Crippen molar-refractivity contribution in [2.24, 2.45) is 0 Å². The predicted octanol–water partition coefficient (Wildman–Crippen LogP) is 1.49. The van der Waals surface area contributed by atoms with Gasteiger partial charge in [-0.2, -0.15) is 0 Å². The smallest absolute Gasteiger partial charge is 0.260 e. The Morgan fingerprint density at radius 2 is 1.92 bits per heavy atom. The van der Waals surface area contributed by atoms with Crippen LogP contribution >= 0.6 is 0 Å². The number of hydrogen-bond donors (Lipinski definition) is 0. The third-order valence-corrected chi connectivity index (χ3v) is 3.94. The topological polar surface area (TPSA) is 75.9 Å². The normalized spacial score (nSPS) is 14.5. The second-order valence-corrected chi connectivity index (χ2v) is 5.75. The second-order valence-electron chi connectivity index (χ2n) is 5.75. The van der Waals surface area contributed by atoms with E-state index in [2.05, 4.69) is 5.16 Å². The molecule has 0 bridgehead atoms. The quantitative estimate of drug-likeness (QED) is 0.837. The summed E-state index contributed by atoms with van der Waals surface area (Å²) in [6.07, 6.45) is 0. The van der Waals surface area contributed by atoms with Crippen molar-refractivity contribution in [2.45, 2.75) is 6.92 Å². The number of ether oxygens (including phenoxy) is 1. The molecule has 8 heteroatoms. The van der Waals surface area contributed by atoms with Crippen LogP contribution in [0.4, 0.5) is 4.39 Å². The molecule has 0 unspecified atom stereocenters. The molecule has 0 N–H and O–H groups in total. The van der Waals surface area contributed by atoms with E-state index >= 15 is 0 Å². The first kappa shape index (κ1) is 16.9. The minimum Gasteiger partial charge on any atom is -0.465 e. The first-order valence-corrected chi connectivity index (χ1v) is 7.91. The van der Waals surface area contributed by atoms with Gasteiger partial charge < -0.3 is 19.1 Å². The molecule has 7 nitrogen and oxygen atoms in total. The molecule has 1 aromatic heterocycles. The van der Waals surface area contributed by atoms with Crippen molar-refractivity contribution in [2.75, 3.05) is 32.8 Å². The Hall–Kier alpha value is -2.90. The van der Waals surface area contributed by atoms with Crippen LogP contribution in [0.2, 0.25) is 0 Å². The minimum absolute atomic E-state index is 0.135. The van der Waals surface area contributed by atoms with Gasteiger partial charge >= 0.3 is 0 Å². The number of rotatable bonds is 4. The van der Waals surface area contributed by atoms with Crippen LogP contribution in [0.3, 0.4) is 0 Å². The summed E-state index contributed by atoms with van der Waals surface area (Å²) >= 11 is 0. The molecule has 0 aliphatic carbocycles. The number of carbonyl (C=O) groups is 2. The Kier molecular flexibility index (Phi) is 4.97. The Balaban J connectivity index is 1.49. The van der Waals surface area contributed by atoms with E-state index < -0.39 is 5.82 Å². The lowest BCUT2D eigenvalue weighted by Crippen LogP contribution is -2.51. The van der Waals surface area contributed by atoms with E-state index in [1.165, 1.54) is 18.2 Å². The van der Waals surface area contributed by atoms with Crippen LogP contribution in [-0.2, 0) is 4.79 Å². The number of benzene rings is 1. The van der Waals surface area contributed by atoms with Crippen LogP contribution in [0.5, 0.6) is 5.88 Å². The molecule has 2 amide bonds. The maximum atomic E-state index is 13.2. The molecule has 1 fully saturated rings. The molecule has 2 aromatic rings. The standard InChI is InChI=1S/C17H18FN3O4/c1-12-9-15(19-25-12)24-11-16(22)20-5-7-21(8-6-20)17(23)13-3-2-4-14(18)10-13/h2-4,9-10H,5-8,11H2,1H3. The van der Waals surface area contributed by atoms with E-state index in [0.717, 1.165) is 0 Å². The summed E-state index contributed by atoms with van der Waals surface area (Å²) in [5.74, 6) is 0.0111. The van der Waals surface area contributed by atoms with Gasteiger partial charge in [-0.15, -0.1) is 0 Å². The highest BCUT2D eigenvalue weighted by molar-refractivity contribution is 5.94. The van der Waals surface area contributed by atoms with Gasteiger partial charge in [0, 0.05) is 37.8 Å². The highest BCUT2D eigenvalue weighted by Crippen LogP contribution is 2.12. The van der Waals surface area contributed by atoms with Gasteiger partial charge in [-0.3, -0.25) is 9.59 Å². The monoisotopic (exact) mass is 347 g/mol. The summed E-state index contributed by atoms with van der Waals surface area (Å²) in [6, 6.07) is 7.20. The largest absolute Gasteiger partial charge is 0.465 e. The highest BCUT2D eigenvalue weighted by atomic mass is 19.1. The summed E-state index contributed by atoms with van der Waals surface area (Å²) in [6.45, 7) is 3.19. The lowest BCUT2D eigenvalue weighted by molar-refractivity contribution is -0.134. The number of nitrogens with zero attached hydrogens (tertiary/aromatic N) is 3. The molecule has 1 aromatic carbocycles. The summed E-state index contributed by atoms with van der Waals surface area (Å²) in [5.41, 5.74) is 0.310. The van der Waals surface area contributed by atoms with E-state index in [4.69, 9.17) is 9.26 Å². The third-order valence-electron chi connectivity index (χ3n) is 3.94. The van der Waals surface area contributed by atoms with E-state index in [-0.39, 0.29) is 24.3 Å². The van der Waals surface area contributed by atoms with E-state index in [1.807, 2.05) is 0 Å². The summed E-state index contributed by atoms with van der Waals surface area (Å²) in [4.78, 5) is 27.8. The number of aromatic nitrogens is 1. The van der Waals surface area contributed by atoms with Crippen molar-refractivity contribution in [1.29, 1.82) is 0 Å². The Bertz CT molecular complexity index is 769. The van der Waals surface area contributed by atoms with Crippen LogP contribution in [-0.4, -0.2) is 59.6 Å². The highest BCUT2D eigenvalue weighted by Gasteiger charge is 2.25. The van der Waals surface area contributed by atoms with Crippen molar-refractivity contribution in [3.8, 4) is 5.88 Å². The average Bonchev–Trinajstić information content (AvgIpc) is 3.04. The Morgan fingerprint density at radius 1 is 1.20 bits per heavy atom. The van der Waals surface area contributed by atoms with E-state index in [1.54, 1.807) is 28.9 Å². The SMILES string of the molecule is Cc1cc(OCC(=O)N2CCN(C(=O)c3cccc(F)c3)CC2)no1. The fourth-order valence-corrected chi connectivity index (χ4v) is 2.60. The van der Waals surface area contributed by atoms with Crippen molar-refractivity contribution in [1.82, 2.24) is 15.0 Å². The van der Waals surface area contributed by atoms with Gasteiger partial charge in [0.05, 0.1) is 0 Å². The molecule has 1 saturated heterocycles. The van der Waals surface area contributed by atoms with Crippen LogP contribution < -0.4 is 4.74 Å². The fraction of sp³-hybridized carbons (Fsp3) is 0.353. The molecule has 2 heterocycles. The Morgan fingerprint density at radius 3 is 2.56 bits per heavy atom. The molecule has 132 valence electrons. The van der Waals surface area contributed by atoms with Gasteiger partial charge in [0.15, 0.2) is 6.61 Å². The molecule has 0 atom stereocenters. The molecule has 0 saturated carbocycles. The number of carbonyl (C=O) groups excluding carboxylic acids is 2. The summed E-state index contributed by atoms with van der Waals surface area (Å²) < 4.78 is 23.4. The molecular formula is C17H18FN3O4. The maximum Gasteiger partial charge on any atom is 0.260 e. The molecule has 0 radical (unpaired) electrons. The maximum absolute atomic E-state index is 13.2. The zero-order valence-electron chi connectivity index (χ0n) is 13.8. The lowest BCUT2D eigenvalue weighted by atomic mass is 10.1. The van der Waals surface area contributed by atoms with Gasteiger partial charge in [-0.1, -0.05) is 6.07 Å².